The zero-order chi connectivity index (χ0) is 14.7. The summed E-state index contributed by atoms with van der Waals surface area (Å²) in [6, 6.07) is 1.26. The molecule has 0 spiro atoms. The largest absolute Gasteiger partial charge is 0.383 e. The topological polar surface area (TPSA) is 24.5 Å². The second-order valence-corrected chi connectivity index (χ2v) is 5.76. The molecular weight excluding hydrogens is 236 g/mol. The monoisotopic (exact) mass is 272 g/mol. The molecule has 0 aromatic heterocycles. The van der Waals surface area contributed by atoms with Crippen molar-refractivity contribution in [3.8, 4) is 0 Å². The number of nitrogens with zero attached hydrogens (tertiary/aromatic N) is 1. The van der Waals surface area contributed by atoms with E-state index in [1.54, 1.807) is 7.11 Å². The minimum Gasteiger partial charge on any atom is -0.383 e. The van der Waals surface area contributed by atoms with E-state index in [0.29, 0.717) is 18.0 Å². The highest BCUT2D eigenvalue weighted by molar-refractivity contribution is 4.79. The number of hydrogen-bond acceptors (Lipinski definition) is 3. The molecular formula is C16H36N2O. The van der Waals surface area contributed by atoms with Crippen molar-refractivity contribution in [3.05, 3.63) is 0 Å². The van der Waals surface area contributed by atoms with Crippen molar-refractivity contribution in [1.82, 2.24) is 10.2 Å². The molecule has 116 valence electrons. The SMILES string of the molecule is CCCNC(CN(CCOC)C(CC)CC)C(C)C. The third kappa shape index (κ3) is 7.91. The minimum atomic E-state index is 0.581. The molecule has 19 heavy (non-hydrogen) atoms. The molecule has 3 nitrogen and oxygen atoms in total. The molecule has 0 saturated carbocycles. The van der Waals surface area contributed by atoms with Gasteiger partial charge in [0, 0.05) is 32.3 Å². The molecule has 0 aliphatic heterocycles. The van der Waals surface area contributed by atoms with Gasteiger partial charge in [0.2, 0.25) is 0 Å². The van der Waals surface area contributed by atoms with Gasteiger partial charge in [-0.15, -0.1) is 0 Å². The minimum absolute atomic E-state index is 0.581. The van der Waals surface area contributed by atoms with Crippen LogP contribution in [0.5, 0.6) is 0 Å². The molecule has 0 aromatic rings. The van der Waals surface area contributed by atoms with Crippen LogP contribution in [0.15, 0.2) is 0 Å². The van der Waals surface area contributed by atoms with Gasteiger partial charge in [-0.3, -0.25) is 4.90 Å². The lowest BCUT2D eigenvalue weighted by Gasteiger charge is -2.35. The summed E-state index contributed by atoms with van der Waals surface area (Å²) < 4.78 is 5.27. The lowest BCUT2D eigenvalue weighted by Crippen LogP contribution is -2.48. The zero-order valence-electron chi connectivity index (χ0n) is 14.0. The van der Waals surface area contributed by atoms with Crippen LogP contribution in [0.3, 0.4) is 0 Å². The Morgan fingerprint density at radius 3 is 2.16 bits per heavy atom. The van der Waals surface area contributed by atoms with E-state index in [-0.39, 0.29) is 0 Å². The lowest BCUT2D eigenvalue weighted by molar-refractivity contribution is 0.100. The molecule has 1 N–H and O–H groups in total. The molecule has 3 heteroatoms. The predicted molar refractivity (Wildman–Crippen MR) is 84.7 cm³/mol. The Kier molecular flexibility index (Phi) is 11.6. The summed E-state index contributed by atoms with van der Waals surface area (Å²) in [5.74, 6) is 0.672. The van der Waals surface area contributed by atoms with E-state index >= 15 is 0 Å². The number of ether oxygens (including phenoxy) is 1. The maximum Gasteiger partial charge on any atom is 0.0589 e. The summed E-state index contributed by atoms with van der Waals surface area (Å²) in [6.45, 7) is 15.6. The van der Waals surface area contributed by atoms with Crippen LogP contribution in [-0.4, -0.2) is 50.3 Å². The fourth-order valence-corrected chi connectivity index (χ4v) is 2.53. The molecule has 0 aliphatic carbocycles. The van der Waals surface area contributed by atoms with Crippen molar-refractivity contribution < 1.29 is 4.74 Å². The normalized spacial score (nSPS) is 13.7. The highest BCUT2D eigenvalue weighted by atomic mass is 16.5. The Labute approximate surface area is 121 Å². The van der Waals surface area contributed by atoms with Crippen LogP contribution in [0.4, 0.5) is 0 Å². The number of methoxy groups -OCH3 is 1. The van der Waals surface area contributed by atoms with Crippen molar-refractivity contribution in [3.63, 3.8) is 0 Å². The van der Waals surface area contributed by atoms with Crippen molar-refractivity contribution in [2.24, 2.45) is 5.92 Å². The van der Waals surface area contributed by atoms with E-state index in [0.717, 1.165) is 26.2 Å². The van der Waals surface area contributed by atoms with Crippen molar-refractivity contribution in [2.45, 2.75) is 66.0 Å². The molecule has 0 saturated heterocycles. The Hall–Kier alpha value is -0.120. The van der Waals surface area contributed by atoms with Gasteiger partial charge in [-0.25, -0.2) is 0 Å². The van der Waals surface area contributed by atoms with Crippen LogP contribution in [0.25, 0.3) is 0 Å². The van der Waals surface area contributed by atoms with Gasteiger partial charge in [-0.2, -0.15) is 0 Å². The van der Waals surface area contributed by atoms with Gasteiger partial charge in [0.1, 0.15) is 0 Å². The Balaban J connectivity index is 4.53. The standard InChI is InChI=1S/C16H36N2O/c1-7-10-17-16(14(4)5)13-18(11-12-19-6)15(8-2)9-3/h14-17H,7-13H2,1-6H3. The molecule has 0 amide bonds. The summed E-state index contributed by atoms with van der Waals surface area (Å²) in [5.41, 5.74) is 0. The number of nitrogens with one attached hydrogen (secondary N) is 1. The molecule has 1 atom stereocenters. The van der Waals surface area contributed by atoms with Crippen molar-refractivity contribution in [2.75, 3.05) is 33.4 Å². The Morgan fingerprint density at radius 2 is 1.74 bits per heavy atom. The average molecular weight is 272 g/mol. The Bertz CT molecular complexity index is 193. The van der Waals surface area contributed by atoms with Gasteiger partial charge in [-0.05, 0) is 31.7 Å². The van der Waals surface area contributed by atoms with E-state index < -0.39 is 0 Å². The van der Waals surface area contributed by atoms with Crippen LogP contribution >= 0.6 is 0 Å². The molecule has 0 heterocycles. The first kappa shape index (κ1) is 18.9. The summed E-state index contributed by atoms with van der Waals surface area (Å²) in [6.07, 6.45) is 3.64. The maximum atomic E-state index is 5.27. The summed E-state index contributed by atoms with van der Waals surface area (Å²) >= 11 is 0. The van der Waals surface area contributed by atoms with Gasteiger partial charge in [0.15, 0.2) is 0 Å². The van der Waals surface area contributed by atoms with Gasteiger partial charge < -0.3 is 10.1 Å². The highest BCUT2D eigenvalue weighted by Gasteiger charge is 2.21. The average Bonchev–Trinajstić information content (AvgIpc) is 2.40. The molecule has 0 radical (unpaired) electrons. The van der Waals surface area contributed by atoms with E-state index in [2.05, 4.69) is 44.8 Å². The van der Waals surface area contributed by atoms with Crippen LogP contribution in [0.1, 0.15) is 53.9 Å². The molecule has 0 aliphatic rings. The number of rotatable bonds is 12. The van der Waals surface area contributed by atoms with Gasteiger partial charge >= 0.3 is 0 Å². The smallest absolute Gasteiger partial charge is 0.0589 e. The fraction of sp³-hybridized carbons (Fsp3) is 1.00. The summed E-state index contributed by atoms with van der Waals surface area (Å²) in [5, 5.41) is 3.70. The van der Waals surface area contributed by atoms with Crippen molar-refractivity contribution >= 4 is 0 Å². The molecule has 0 rings (SSSR count). The van der Waals surface area contributed by atoms with Crippen LogP contribution in [-0.2, 0) is 4.74 Å². The Morgan fingerprint density at radius 1 is 1.11 bits per heavy atom. The van der Waals surface area contributed by atoms with Gasteiger partial charge in [0.25, 0.3) is 0 Å². The molecule has 0 aromatic carbocycles. The van der Waals surface area contributed by atoms with Crippen molar-refractivity contribution in [1.29, 1.82) is 0 Å². The summed E-state index contributed by atoms with van der Waals surface area (Å²) in [7, 11) is 1.79. The van der Waals surface area contributed by atoms with E-state index in [9.17, 15) is 0 Å². The summed E-state index contributed by atoms with van der Waals surface area (Å²) in [4.78, 5) is 2.61. The first-order valence-corrected chi connectivity index (χ1v) is 8.06. The fourth-order valence-electron chi connectivity index (χ4n) is 2.53. The maximum absolute atomic E-state index is 5.27. The second-order valence-electron chi connectivity index (χ2n) is 5.76. The zero-order valence-corrected chi connectivity index (χ0v) is 14.0. The molecule has 1 unspecified atom stereocenters. The first-order chi connectivity index (χ1) is 9.10. The first-order valence-electron chi connectivity index (χ1n) is 8.06. The van der Waals surface area contributed by atoms with Crippen LogP contribution < -0.4 is 5.32 Å². The van der Waals surface area contributed by atoms with E-state index in [1.165, 1.54) is 19.3 Å². The predicted octanol–water partition coefficient (Wildman–Crippen LogP) is 3.15. The molecule has 0 fully saturated rings. The van der Waals surface area contributed by atoms with E-state index in [4.69, 9.17) is 4.74 Å². The third-order valence-corrected chi connectivity index (χ3v) is 3.93. The number of hydrogen-bond donors (Lipinski definition) is 1. The molecule has 0 bridgehead atoms. The highest BCUT2D eigenvalue weighted by Crippen LogP contribution is 2.12. The van der Waals surface area contributed by atoms with Gasteiger partial charge in [-0.1, -0.05) is 34.6 Å². The van der Waals surface area contributed by atoms with Crippen LogP contribution in [0.2, 0.25) is 0 Å². The lowest BCUT2D eigenvalue weighted by atomic mass is 10.0. The second kappa shape index (κ2) is 11.7. The van der Waals surface area contributed by atoms with Crippen LogP contribution in [0, 0.1) is 5.92 Å². The third-order valence-electron chi connectivity index (χ3n) is 3.93. The van der Waals surface area contributed by atoms with E-state index in [1.807, 2.05) is 0 Å². The quantitative estimate of drug-likeness (QED) is 0.591. The van der Waals surface area contributed by atoms with Gasteiger partial charge in [0.05, 0.1) is 6.61 Å².